The van der Waals surface area contributed by atoms with E-state index in [0.29, 0.717) is 25.9 Å². The summed E-state index contributed by atoms with van der Waals surface area (Å²) >= 11 is 0. The van der Waals surface area contributed by atoms with E-state index < -0.39 is 11.6 Å². The average molecular weight is 590 g/mol. The summed E-state index contributed by atoms with van der Waals surface area (Å²) < 4.78 is 11.1. The van der Waals surface area contributed by atoms with Gasteiger partial charge in [-0.25, -0.2) is 4.79 Å². The van der Waals surface area contributed by atoms with E-state index in [1.54, 1.807) is 0 Å². The molecule has 3 N–H and O–H groups in total. The lowest BCUT2D eigenvalue weighted by Crippen LogP contribution is -2.48. The maximum absolute atomic E-state index is 13.0. The largest absolute Gasteiger partial charge is 0.488 e. The molecule has 8 nitrogen and oxygen atoms in total. The number of rotatable bonds is 20. The van der Waals surface area contributed by atoms with E-state index in [-0.39, 0.29) is 23.5 Å². The van der Waals surface area contributed by atoms with Gasteiger partial charge in [-0.2, -0.15) is 0 Å². The summed E-state index contributed by atoms with van der Waals surface area (Å²) in [5.74, 6) is 0.561. The molecule has 0 heterocycles. The summed E-state index contributed by atoms with van der Waals surface area (Å²) in [6.45, 7) is 14.9. The van der Waals surface area contributed by atoms with Gasteiger partial charge in [0.15, 0.2) is 0 Å². The van der Waals surface area contributed by atoms with Gasteiger partial charge in [-0.15, -0.1) is 0 Å². The highest BCUT2D eigenvalue weighted by Gasteiger charge is 2.21. The number of hydrogen-bond donors (Lipinski definition) is 3. The van der Waals surface area contributed by atoms with Crippen LogP contribution in [0.25, 0.3) is 0 Å². The molecule has 0 aliphatic rings. The zero-order valence-electron chi connectivity index (χ0n) is 27.5. The number of nitrogens with one attached hydrogen (secondary N) is 3. The molecule has 3 amide bonds. The Morgan fingerprint density at radius 1 is 0.714 bits per heavy atom. The molecular weight excluding hydrogens is 530 g/mol. The molecule has 1 aromatic carbocycles. The van der Waals surface area contributed by atoms with Crippen LogP contribution in [0.3, 0.4) is 0 Å². The van der Waals surface area contributed by atoms with Gasteiger partial charge in [0.2, 0.25) is 11.8 Å². The Hall–Kier alpha value is -2.77. The number of carbonyl (C=O) groups excluding carboxylic acids is 3. The first-order valence-corrected chi connectivity index (χ1v) is 16.1. The summed E-state index contributed by atoms with van der Waals surface area (Å²) in [6, 6.07) is 7.15. The van der Waals surface area contributed by atoms with Crippen molar-refractivity contribution in [3.63, 3.8) is 0 Å². The molecule has 1 aromatic rings. The minimum absolute atomic E-state index is 0.0946. The molecule has 1 atom stereocenters. The van der Waals surface area contributed by atoms with Crippen molar-refractivity contribution in [1.29, 1.82) is 0 Å². The molecule has 0 saturated heterocycles. The van der Waals surface area contributed by atoms with Crippen LogP contribution in [0.1, 0.15) is 131 Å². The summed E-state index contributed by atoms with van der Waals surface area (Å²) in [6.07, 6.45) is 12.6. The van der Waals surface area contributed by atoms with Crippen LogP contribution in [0.2, 0.25) is 0 Å². The van der Waals surface area contributed by atoms with E-state index in [0.717, 1.165) is 49.8 Å². The first-order valence-electron chi connectivity index (χ1n) is 16.1. The monoisotopic (exact) mass is 589 g/mol. The Balaban J connectivity index is 2.21. The molecule has 0 aliphatic heterocycles. The molecule has 0 bridgehead atoms. The third kappa shape index (κ3) is 20.2. The Morgan fingerprint density at radius 3 is 1.69 bits per heavy atom. The van der Waals surface area contributed by atoms with Crippen molar-refractivity contribution < 1.29 is 23.9 Å². The fraction of sp³-hybridized carbons (Fsp3) is 0.735. The predicted molar refractivity (Wildman–Crippen MR) is 171 cm³/mol. The lowest BCUT2D eigenvalue weighted by Gasteiger charge is -2.22. The first kappa shape index (κ1) is 37.3. The highest BCUT2D eigenvalue weighted by Crippen LogP contribution is 2.19. The number of alkyl carbamates (subject to hydrolysis) is 1. The number of ether oxygens (including phenoxy) is 2. The maximum atomic E-state index is 13.0. The van der Waals surface area contributed by atoms with E-state index in [1.807, 2.05) is 72.7 Å². The van der Waals surface area contributed by atoms with Crippen LogP contribution in [0.5, 0.6) is 5.75 Å². The smallest absolute Gasteiger partial charge is 0.407 e. The molecule has 1 rings (SSSR count). The summed E-state index contributed by atoms with van der Waals surface area (Å²) in [5.41, 5.74) is 0.248. The number of hydrogen-bond acceptors (Lipinski definition) is 5. The molecule has 8 heteroatoms. The van der Waals surface area contributed by atoms with Gasteiger partial charge in [0, 0.05) is 25.9 Å². The van der Waals surface area contributed by atoms with Crippen molar-refractivity contribution in [2.75, 3.05) is 13.1 Å². The van der Waals surface area contributed by atoms with E-state index >= 15 is 0 Å². The summed E-state index contributed by atoms with van der Waals surface area (Å²) in [7, 11) is 0. The molecule has 42 heavy (non-hydrogen) atoms. The number of unbranched alkanes of at least 4 members (excludes halogenated alkanes) is 9. The molecule has 0 saturated carbocycles. The van der Waals surface area contributed by atoms with Gasteiger partial charge < -0.3 is 25.4 Å². The van der Waals surface area contributed by atoms with Gasteiger partial charge in [-0.3, -0.25) is 9.59 Å². The van der Waals surface area contributed by atoms with E-state index in [1.165, 1.54) is 32.1 Å². The van der Waals surface area contributed by atoms with Crippen LogP contribution in [0.4, 0.5) is 4.79 Å². The molecule has 0 aliphatic carbocycles. The van der Waals surface area contributed by atoms with Crippen LogP contribution in [0.15, 0.2) is 24.3 Å². The highest BCUT2D eigenvalue weighted by atomic mass is 16.6. The number of carbonyl (C=O) groups is 3. The fourth-order valence-electron chi connectivity index (χ4n) is 4.49. The normalized spacial score (nSPS) is 12.4. The second-order valence-corrected chi connectivity index (χ2v) is 13.2. The third-order valence-corrected chi connectivity index (χ3v) is 6.49. The summed E-state index contributed by atoms with van der Waals surface area (Å²) in [5, 5.41) is 8.77. The standard InChI is InChI=1S/C34H59N3O5/c1-8-19-30(38)37-29(26-27-20-22-28(23-21-27)41-33(2,3)4)31(39)35-24-17-15-13-11-9-10-12-14-16-18-25-36-32(40)42-34(5,6)7/h20-23,29H,8-19,24-26H2,1-7H3,(H,35,39)(H,36,40)(H,37,38)/t29-/m0/s1. The van der Waals surface area contributed by atoms with Gasteiger partial charge in [-0.1, -0.05) is 70.4 Å². The van der Waals surface area contributed by atoms with Crippen molar-refractivity contribution in [3.05, 3.63) is 29.8 Å². The van der Waals surface area contributed by atoms with Gasteiger partial charge in [0.1, 0.15) is 23.0 Å². The van der Waals surface area contributed by atoms with E-state index in [2.05, 4.69) is 16.0 Å². The molecular formula is C34H59N3O5. The van der Waals surface area contributed by atoms with Crippen molar-refractivity contribution in [2.24, 2.45) is 0 Å². The molecule has 0 unspecified atom stereocenters. The second kappa shape index (κ2) is 20.2. The van der Waals surface area contributed by atoms with Crippen LogP contribution in [-0.2, 0) is 20.7 Å². The zero-order chi connectivity index (χ0) is 31.4. The Kier molecular flexibility index (Phi) is 17.9. The lowest BCUT2D eigenvalue weighted by atomic mass is 10.0. The zero-order valence-corrected chi connectivity index (χ0v) is 27.5. The minimum Gasteiger partial charge on any atom is -0.488 e. The van der Waals surface area contributed by atoms with Gasteiger partial charge >= 0.3 is 6.09 Å². The maximum Gasteiger partial charge on any atom is 0.407 e. The van der Waals surface area contributed by atoms with Crippen LogP contribution >= 0.6 is 0 Å². The average Bonchev–Trinajstić information content (AvgIpc) is 2.87. The van der Waals surface area contributed by atoms with Crippen molar-refractivity contribution >= 4 is 17.9 Å². The Bertz CT molecular complexity index is 903. The van der Waals surface area contributed by atoms with E-state index in [4.69, 9.17) is 9.47 Å². The van der Waals surface area contributed by atoms with Crippen molar-refractivity contribution in [3.8, 4) is 5.75 Å². The first-order chi connectivity index (χ1) is 19.8. The molecule has 0 radical (unpaired) electrons. The van der Waals surface area contributed by atoms with Crippen molar-refractivity contribution in [2.45, 2.75) is 149 Å². The third-order valence-electron chi connectivity index (χ3n) is 6.49. The molecule has 0 spiro atoms. The van der Waals surface area contributed by atoms with Gasteiger partial charge in [0.25, 0.3) is 0 Å². The highest BCUT2D eigenvalue weighted by molar-refractivity contribution is 5.87. The molecule has 0 fully saturated rings. The quantitative estimate of drug-likeness (QED) is 0.139. The topological polar surface area (TPSA) is 106 Å². The number of amides is 3. The van der Waals surface area contributed by atoms with Crippen LogP contribution in [-0.4, -0.2) is 48.2 Å². The molecule has 0 aromatic heterocycles. The minimum atomic E-state index is -0.591. The number of benzene rings is 1. The lowest BCUT2D eigenvalue weighted by molar-refractivity contribution is -0.129. The summed E-state index contributed by atoms with van der Waals surface area (Å²) in [4.78, 5) is 36.9. The second-order valence-electron chi connectivity index (χ2n) is 13.2. The Morgan fingerprint density at radius 2 is 1.21 bits per heavy atom. The SMILES string of the molecule is CCCC(=O)N[C@@H](Cc1ccc(OC(C)(C)C)cc1)C(=O)NCCCCCCCCCCCCNC(=O)OC(C)(C)C. The fourth-order valence-corrected chi connectivity index (χ4v) is 4.49. The molecule has 240 valence electrons. The van der Waals surface area contributed by atoms with Crippen LogP contribution in [0, 0.1) is 0 Å². The van der Waals surface area contributed by atoms with Crippen LogP contribution < -0.4 is 20.7 Å². The Labute approximate surface area is 255 Å². The van der Waals surface area contributed by atoms with Gasteiger partial charge in [-0.05, 0) is 78.5 Å². The van der Waals surface area contributed by atoms with Crippen molar-refractivity contribution in [1.82, 2.24) is 16.0 Å². The van der Waals surface area contributed by atoms with Gasteiger partial charge in [0.05, 0.1) is 0 Å². The van der Waals surface area contributed by atoms with E-state index in [9.17, 15) is 14.4 Å². The predicted octanol–water partition coefficient (Wildman–Crippen LogP) is 7.23.